The summed E-state index contributed by atoms with van der Waals surface area (Å²) in [6.07, 6.45) is 0. The Balaban J connectivity index is 2.47. The van der Waals surface area contributed by atoms with E-state index in [0.29, 0.717) is 35.9 Å². The number of morpholine rings is 1. The van der Waals surface area contributed by atoms with Crippen molar-refractivity contribution in [3.8, 4) is 6.07 Å². The summed E-state index contributed by atoms with van der Waals surface area (Å²) in [5.41, 5.74) is 1.63. The highest BCUT2D eigenvalue weighted by molar-refractivity contribution is 5.99. The second kappa shape index (κ2) is 5.15. The molecule has 2 rings (SSSR count). The van der Waals surface area contributed by atoms with Gasteiger partial charge in [-0.25, -0.2) is 4.98 Å². The Labute approximate surface area is 106 Å². The predicted molar refractivity (Wildman–Crippen MR) is 66.7 cm³/mol. The highest BCUT2D eigenvalue weighted by Crippen LogP contribution is 2.22. The fourth-order valence-corrected chi connectivity index (χ4v) is 1.98. The lowest BCUT2D eigenvalue weighted by Crippen LogP contribution is -2.37. The van der Waals surface area contributed by atoms with Crippen LogP contribution in [-0.2, 0) is 4.74 Å². The zero-order valence-corrected chi connectivity index (χ0v) is 10.6. The van der Waals surface area contributed by atoms with Crippen LogP contribution in [0.25, 0.3) is 0 Å². The number of nitrogens with zero attached hydrogens (tertiary/aromatic N) is 3. The lowest BCUT2D eigenvalue weighted by atomic mass is 10.1. The first-order chi connectivity index (χ1) is 8.63. The van der Waals surface area contributed by atoms with E-state index in [-0.39, 0.29) is 5.78 Å². The van der Waals surface area contributed by atoms with E-state index in [1.807, 2.05) is 4.90 Å². The van der Waals surface area contributed by atoms with E-state index in [0.717, 1.165) is 13.1 Å². The van der Waals surface area contributed by atoms with E-state index < -0.39 is 0 Å². The maximum atomic E-state index is 11.7. The van der Waals surface area contributed by atoms with E-state index in [1.165, 1.54) is 6.92 Å². The Hall–Kier alpha value is -1.93. The number of nitriles is 1. The molecule has 94 valence electrons. The Kier molecular flexibility index (Phi) is 3.58. The molecule has 1 aliphatic rings. The molecule has 5 heteroatoms. The van der Waals surface area contributed by atoms with Crippen molar-refractivity contribution in [2.24, 2.45) is 0 Å². The number of ketones is 1. The van der Waals surface area contributed by atoms with Crippen LogP contribution in [0.5, 0.6) is 0 Å². The molecule has 0 amide bonds. The van der Waals surface area contributed by atoms with Crippen LogP contribution >= 0.6 is 0 Å². The van der Waals surface area contributed by atoms with Crippen LogP contribution in [0.3, 0.4) is 0 Å². The molecule has 0 aromatic carbocycles. The van der Waals surface area contributed by atoms with Crippen molar-refractivity contribution >= 4 is 11.6 Å². The molecule has 1 saturated heterocycles. The first-order valence-corrected chi connectivity index (χ1v) is 5.89. The first-order valence-electron chi connectivity index (χ1n) is 5.89. The standard InChI is InChI=1S/C13H15N3O2/c1-9-11(8-14)7-12(10(2)17)13(15-9)16-3-5-18-6-4-16/h7H,3-6H2,1-2H3. The summed E-state index contributed by atoms with van der Waals surface area (Å²) in [5.74, 6) is 0.600. The first kappa shape index (κ1) is 12.5. The van der Waals surface area contributed by atoms with Crippen LogP contribution < -0.4 is 4.90 Å². The molecule has 0 atom stereocenters. The molecular weight excluding hydrogens is 230 g/mol. The number of carbonyl (C=O) groups excluding carboxylic acids is 1. The number of aryl methyl sites for hydroxylation is 1. The molecule has 0 aliphatic carbocycles. The van der Waals surface area contributed by atoms with Crippen molar-refractivity contribution in [3.63, 3.8) is 0 Å². The minimum atomic E-state index is -0.0690. The van der Waals surface area contributed by atoms with Gasteiger partial charge in [0.25, 0.3) is 0 Å². The normalized spacial score (nSPS) is 15.3. The van der Waals surface area contributed by atoms with Gasteiger partial charge in [0.1, 0.15) is 11.9 Å². The van der Waals surface area contributed by atoms with Crippen molar-refractivity contribution in [1.29, 1.82) is 5.26 Å². The summed E-state index contributed by atoms with van der Waals surface area (Å²) in [6, 6.07) is 3.70. The topological polar surface area (TPSA) is 66.2 Å². The molecule has 0 spiro atoms. The van der Waals surface area contributed by atoms with Gasteiger partial charge >= 0.3 is 0 Å². The summed E-state index contributed by atoms with van der Waals surface area (Å²) in [6.45, 7) is 6.00. The van der Waals surface area contributed by atoms with Crippen LogP contribution in [0.15, 0.2) is 6.07 Å². The molecule has 1 aliphatic heterocycles. The van der Waals surface area contributed by atoms with Gasteiger partial charge < -0.3 is 9.64 Å². The molecule has 0 unspecified atom stereocenters. The van der Waals surface area contributed by atoms with Gasteiger partial charge in [-0.1, -0.05) is 0 Å². The highest BCUT2D eigenvalue weighted by Gasteiger charge is 2.20. The van der Waals surface area contributed by atoms with Crippen LogP contribution in [-0.4, -0.2) is 37.1 Å². The van der Waals surface area contributed by atoms with Crippen LogP contribution in [0, 0.1) is 18.3 Å². The average Bonchev–Trinajstić information content (AvgIpc) is 2.39. The third kappa shape index (κ3) is 2.34. The maximum Gasteiger partial charge on any atom is 0.163 e. The Morgan fingerprint density at radius 2 is 2.17 bits per heavy atom. The summed E-state index contributed by atoms with van der Waals surface area (Å²) < 4.78 is 5.29. The molecule has 1 fully saturated rings. The molecule has 1 aromatic heterocycles. The van der Waals surface area contributed by atoms with Crippen LogP contribution in [0.1, 0.15) is 28.5 Å². The Morgan fingerprint density at radius 3 is 2.72 bits per heavy atom. The third-order valence-electron chi connectivity index (χ3n) is 3.00. The quantitative estimate of drug-likeness (QED) is 0.735. The number of rotatable bonds is 2. The molecule has 0 bridgehead atoms. The van der Waals surface area contributed by atoms with Gasteiger partial charge in [0.05, 0.1) is 30.0 Å². The van der Waals surface area contributed by atoms with Gasteiger partial charge in [-0.15, -0.1) is 0 Å². The highest BCUT2D eigenvalue weighted by atomic mass is 16.5. The molecule has 0 saturated carbocycles. The lowest BCUT2D eigenvalue weighted by molar-refractivity contribution is 0.101. The number of anilines is 1. The maximum absolute atomic E-state index is 11.7. The number of ether oxygens (including phenoxy) is 1. The van der Waals surface area contributed by atoms with Crippen LogP contribution in [0.2, 0.25) is 0 Å². The zero-order chi connectivity index (χ0) is 13.1. The van der Waals surface area contributed by atoms with Gasteiger partial charge in [0.15, 0.2) is 5.78 Å². The minimum Gasteiger partial charge on any atom is -0.378 e. The van der Waals surface area contributed by atoms with Crippen LogP contribution in [0.4, 0.5) is 5.82 Å². The van der Waals surface area contributed by atoms with E-state index in [1.54, 1.807) is 13.0 Å². The van der Waals surface area contributed by atoms with Gasteiger partial charge in [-0.05, 0) is 19.9 Å². The summed E-state index contributed by atoms with van der Waals surface area (Å²) in [5, 5.41) is 8.99. The van der Waals surface area contributed by atoms with Gasteiger partial charge in [-0.3, -0.25) is 4.79 Å². The fraction of sp³-hybridized carbons (Fsp3) is 0.462. The molecule has 1 aromatic rings. The van der Waals surface area contributed by atoms with Crippen molar-refractivity contribution in [2.45, 2.75) is 13.8 Å². The van der Waals surface area contributed by atoms with Crippen molar-refractivity contribution in [1.82, 2.24) is 4.98 Å². The summed E-state index contributed by atoms with van der Waals surface area (Å²) in [7, 11) is 0. The van der Waals surface area contributed by atoms with Crippen molar-refractivity contribution in [2.75, 3.05) is 31.2 Å². The number of hydrogen-bond donors (Lipinski definition) is 0. The van der Waals surface area contributed by atoms with E-state index >= 15 is 0 Å². The number of Topliss-reactive ketones (excluding diaryl/α,β-unsaturated/α-hetero) is 1. The number of carbonyl (C=O) groups is 1. The third-order valence-corrected chi connectivity index (χ3v) is 3.00. The van der Waals surface area contributed by atoms with Crippen molar-refractivity contribution < 1.29 is 9.53 Å². The fourth-order valence-electron chi connectivity index (χ4n) is 1.98. The molecular formula is C13H15N3O2. The predicted octanol–water partition coefficient (Wildman–Crippen LogP) is 1.30. The van der Waals surface area contributed by atoms with Gasteiger partial charge in [-0.2, -0.15) is 5.26 Å². The minimum absolute atomic E-state index is 0.0690. The molecule has 0 N–H and O–H groups in total. The number of hydrogen-bond acceptors (Lipinski definition) is 5. The van der Waals surface area contributed by atoms with E-state index in [9.17, 15) is 4.79 Å². The SMILES string of the molecule is CC(=O)c1cc(C#N)c(C)nc1N1CCOCC1. The molecule has 0 radical (unpaired) electrons. The molecule has 2 heterocycles. The van der Waals surface area contributed by atoms with E-state index in [2.05, 4.69) is 11.1 Å². The number of pyridine rings is 1. The average molecular weight is 245 g/mol. The van der Waals surface area contributed by atoms with Gasteiger partial charge in [0.2, 0.25) is 0 Å². The van der Waals surface area contributed by atoms with Gasteiger partial charge in [0, 0.05) is 13.1 Å². The summed E-state index contributed by atoms with van der Waals surface area (Å²) >= 11 is 0. The van der Waals surface area contributed by atoms with E-state index in [4.69, 9.17) is 10.00 Å². The monoisotopic (exact) mass is 245 g/mol. The molecule has 18 heavy (non-hydrogen) atoms. The number of aromatic nitrogens is 1. The second-order valence-electron chi connectivity index (χ2n) is 4.26. The second-order valence-corrected chi connectivity index (χ2v) is 4.26. The van der Waals surface area contributed by atoms with Crippen molar-refractivity contribution in [3.05, 3.63) is 22.9 Å². The lowest BCUT2D eigenvalue weighted by Gasteiger charge is -2.29. The molecule has 5 nitrogen and oxygen atoms in total. The smallest absolute Gasteiger partial charge is 0.163 e. The largest absolute Gasteiger partial charge is 0.378 e. The Morgan fingerprint density at radius 1 is 1.50 bits per heavy atom. The zero-order valence-electron chi connectivity index (χ0n) is 10.6. The Bertz CT molecular complexity index is 514. The summed E-state index contributed by atoms with van der Waals surface area (Å²) in [4.78, 5) is 18.1.